The van der Waals surface area contributed by atoms with E-state index in [0.29, 0.717) is 13.2 Å². The third-order valence-corrected chi connectivity index (χ3v) is 2.21. The van der Waals surface area contributed by atoms with Crippen molar-refractivity contribution in [3.05, 3.63) is 0 Å². The Bertz CT molecular complexity index is 170. The fraction of sp³-hybridized carbons (Fsp3) is 0.875. The van der Waals surface area contributed by atoms with Gasteiger partial charge in [-0.05, 0) is 13.8 Å². The van der Waals surface area contributed by atoms with E-state index in [1.807, 2.05) is 6.92 Å². The third-order valence-electron chi connectivity index (χ3n) is 2.21. The lowest BCUT2D eigenvalue weighted by molar-refractivity contribution is -0.147. The van der Waals surface area contributed by atoms with Crippen LogP contribution in [0.2, 0.25) is 0 Å². The standard InChI is InChI=1S/C8H15NO3/c1-6(7(2)10)9-3-4-12-5-8(9)11/h6-7,10H,3-5H2,1-2H3. The number of morpholine rings is 1. The summed E-state index contributed by atoms with van der Waals surface area (Å²) in [5.74, 6) is -0.0327. The van der Waals surface area contributed by atoms with Crippen LogP contribution in [0.3, 0.4) is 0 Å². The molecule has 1 heterocycles. The predicted octanol–water partition coefficient (Wildman–Crippen LogP) is -0.386. The Kier molecular flexibility index (Phi) is 3.05. The first kappa shape index (κ1) is 9.48. The van der Waals surface area contributed by atoms with E-state index in [-0.39, 0.29) is 18.6 Å². The number of hydrogen-bond donors (Lipinski definition) is 1. The van der Waals surface area contributed by atoms with Gasteiger partial charge in [-0.1, -0.05) is 0 Å². The van der Waals surface area contributed by atoms with Crippen molar-refractivity contribution >= 4 is 5.91 Å². The van der Waals surface area contributed by atoms with E-state index < -0.39 is 6.10 Å². The highest BCUT2D eigenvalue weighted by Gasteiger charge is 2.25. The molecule has 1 fully saturated rings. The molecule has 1 amide bonds. The highest BCUT2D eigenvalue weighted by atomic mass is 16.5. The smallest absolute Gasteiger partial charge is 0.248 e. The molecule has 2 atom stereocenters. The molecule has 1 N–H and O–H groups in total. The van der Waals surface area contributed by atoms with E-state index in [1.165, 1.54) is 0 Å². The maximum atomic E-state index is 11.2. The summed E-state index contributed by atoms with van der Waals surface area (Å²) in [6.45, 7) is 4.84. The molecule has 70 valence electrons. The van der Waals surface area contributed by atoms with Gasteiger partial charge in [0.15, 0.2) is 0 Å². The molecule has 1 saturated heterocycles. The predicted molar refractivity (Wildman–Crippen MR) is 43.7 cm³/mol. The minimum atomic E-state index is -0.480. The second-order valence-electron chi connectivity index (χ2n) is 3.12. The Morgan fingerprint density at radius 1 is 1.58 bits per heavy atom. The van der Waals surface area contributed by atoms with Gasteiger partial charge in [0, 0.05) is 6.54 Å². The Balaban J connectivity index is 2.53. The first-order chi connectivity index (χ1) is 5.63. The fourth-order valence-corrected chi connectivity index (χ4v) is 1.22. The average molecular weight is 173 g/mol. The Labute approximate surface area is 72.1 Å². The van der Waals surface area contributed by atoms with E-state index >= 15 is 0 Å². The molecule has 0 radical (unpaired) electrons. The lowest BCUT2D eigenvalue weighted by Crippen LogP contribution is -2.50. The van der Waals surface area contributed by atoms with Crippen molar-refractivity contribution in [1.29, 1.82) is 0 Å². The number of hydrogen-bond acceptors (Lipinski definition) is 3. The molecule has 4 nitrogen and oxygen atoms in total. The van der Waals surface area contributed by atoms with Gasteiger partial charge in [-0.2, -0.15) is 0 Å². The first-order valence-electron chi connectivity index (χ1n) is 4.18. The number of ether oxygens (including phenoxy) is 1. The molecule has 1 aliphatic heterocycles. The van der Waals surface area contributed by atoms with Gasteiger partial charge < -0.3 is 14.7 Å². The summed E-state index contributed by atoms with van der Waals surface area (Å²) in [5, 5.41) is 9.26. The number of rotatable bonds is 2. The Hall–Kier alpha value is -0.610. The van der Waals surface area contributed by atoms with E-state index in [1.54, 1.807) is 11.8 Å². The van der Waals surface area contributed by atoms with Gasteiger partial charge in [-0.15, -0.1) is 0 Å². The molecule has 0 spiro atoms. The average Bonchev–Trinajstić information content (AvgIpc) is 2.04. The zero-order valence-electron chi connectivity index (χ0n) is 7.49. The summed E-state index contributed by atoms with van der Waals surface area (Å²) in [7, 11) is 0. The summed E-state index contributed by atoms with van der Waals surface area (Å²) < 4.78 is 4.97. The van der Waals surface area contributed by atoms with Gasteiger partial charge in [-0.3, -0.25) is 4.79 Å². The van der Waals surface area contributed by atoms with Crippen molar-refractivity contribution in [2.75, 3.05) is 19.8 Å². The van der Waals surface area contributed by atoms with Crippen molar-refractivity contribution in [3.8, 4) is 0 Å². The van der Waals surface area contributed by atoms with Gasteiger partial charge in [0.05, 0.1) is 18.8 Å². The zero-order chi connectivity index (χ0) is 9.14. The molecule has 0 aromatic heterocycles. The van der Waals surface area contributed by atoms with Crippen LogP contribution in [0.5, 0.6) is 0 Å². The summed E-state index contributed by atoms with van der Waals surface area (Å²) in [5.41, 5.74) is 0. The van der Waals surface area contributed by atoms with Crippen molar-refractivity contribution in [2.24, 2.45) is 0 Å². The number of nitrogens with zero attached hydrogens (tertiary/aromatic N) is 1. The summed E-state index contributed by atoms with van der Waals surface area (Å²) in [6.07, 6.45) is -0.480. The largest absolute Gasteiger partial charge is 0.391 e. The number of carbonyl (C=O) groups is 1. The number of aliphatic hydroxyl groups excluding tert-OH is 1. The SMILES string of the molecule is CC(O)C(C)N1CCOCC1=O. The Morgan fingerprint density at radius 2 is 2.25 bits per heavy atom. The van der Waals surface area contributed by atoms with Crippen LogP contribution in [0.1, 0.15) is 13.8 Å². The molecule has 0 aromatic rings. The second kappa shape index (κ2) is 3.87. The van der Waals surface area contributed by atoms with Crippen LogP contribution in [0.4, 0.5) is 0 Å². The fourth-order valence-electron chi connectivity index (χ4n) is 1.22. The molecule has 4 heteroatoms. The highest BCUT2D eigenvalue weighted by molar-refractivity contribution is 5.78. The molecule has 1 aliphatic rings. The number of aliphatic hydroxyl groups is 1. The monoisotopic (exact) mass is 173 g/mol. The molecule has 0 bridgehead atoms. The molecule has 0 aromatic carbocycles. The van der Waals surface area contributed by atoms with E-state index in [9.17, 15) is 9.90 Å². The minimum Gasteiger partial charge on any atom is -0.391 e. The minimum absolute atomic E-state index is 0.0327. The quantitative estimate of drug-likeness (QED) is 0.619. The van der Waals surface area contributed by atoms with Crippen LogP contribution in [-0.2, 0) is 9.53 Å². The maximum absolute atomic E-state index is 11.2. The molecule has 0 saturated carbocycles. The number of carbonyl (C=O) groups excluding carboxylic acids is 1. The second-order valence-corrected chi connectivity index (χ2v) is 3.12. The van der Waals surface area contributed by atoms with Gasteiger partial charge in [-0.25, -0.2) is 0 Å². The van der Waals surface area contributed by atoms with Crippen LogP contribution >= 0.6 is 0 Å². The number of amides is 1. The maximum Gasteiger partial charge on any atom is 0.248 e. The van der Waals surface area contributed by atoms with Crippen LogP contribution in [0, 0.1) is 0 Å². The zero-order valence-corrected chi connectivity index (χ0v) is 7.49. The van der Waals surface area contributed by atoms with Crippen LogP contribution in [0.15, 0.2) is 0 Å². The van der Waals surface area contributed by atoms with Crippen LogP contribution in [-0.4, -0.2) is 47.8 Å². The summed E-state index contributed by atoms with van der Waals surface area (Å²) in [4.78, 5) is 12.9. The van der Waals surface area contributed by atoms with Crippen LogP contribution in [0.25, 0.3) is 0 Å². The summed E-state index contributed by atoms with van der Waals surface area (Å²) >= 11 is 0. The molecular weight excluding hydrogens is 158 g/mol. The van der Waals surface area contributed by atoms with Gasteiger partial charge >= 0.3 is 0 Å². The lowest BCUT2D eigenvalue weighted by Gasteiger charge is -2.33. The molecular formula is C8H15NO3. The molecule has 0 aliphatic carbocycles. The van der Waals surface area contributed by atoms with E-state index in [0.717, 1.165) is 0 Å². The van der Waals surface area contributed by atoms with Gasteiger partial charge in [0.1, 0.15) is 6.61 Å². The lowest BCUT2D eigenvalue weighted by atomic mass is 10.1. The molecule has 2 unspecified atom stereocenters. The normalized spacial score (nSPS) is 23.9. The van der Waals surface area contributed by atoms with Crippen molar-refractivity contribution in [2.45, 2.75) is 26.0 Å². The topological polar surface area (TPSA) is 49.8 Å². The van der Waals surface area contributed by atoms with E-state index in [2.05, 4.69) is 0 Å². The van der Waals surface area contributed by atoms with Crippen molar-refractivity contribution in [1.82, 2.24) is 4.90 Å². The Morgan fingerprint density at radius 3 is 2.75 bits per heavy atom. The van der Waals surface area contributed by atoms with E-state index in [4.69, 9.17) is 4.74 Å². The van der Waals surface area contributed by atoms with Crippen molar-refractivity contribution in [3.63, 3.8) is 0 Å². The third kappa shape index (κ3) is 1.95. The first-order valence-corrected chi connectivity index (χ1v) is 4.18. The van der Waals surface area contributed by atoms with Crippen LogP contribution < -0.4 is 0 Å². The molecule has 12 heavy (non-hydrogen) atoms. The summed E-state index contributed by atoms with van der Waals surface area (Å²) in [6, 6.07) is -0.110. The van der Waals surface area contributed by atoms with Gasteiger partial charge in [0.2, 0.25) is 5.91 Å². The highest BCUT2D eigenvalue weighted by Crippen LogP contribution is 2.07. The molecule has 1 rings (SSSR count). The van der Waals surface area contributed by atoms with Crippen molar-refractivity contribution < 1.29 is 14.6 Å². The van der Waals surface area contributed by atoms with Gasteiger partial charge in [0.25, 0.3) is 0 Å².